The lowest BCUT2D eigenvalue weighted by molar-refractivity contribution is -0.125. The van der Waals surface area contributed by atoms with Crippen molar-refractivity contribution in [2.24, 2.45) is 5.92 Å². The molecule has 0 aliphatic carbocycles. The van der Waals surface area contributed by atoms with Gasteiger partial charge >= 0.3 is 0 Å². The summed E-state index contributed by atoms with van der Waals surface area (Å²) in [4.78, 5) is 16.5. The minimum Gasteiger partial charge on any atom is -0.384 e. The highest BCUT2D eigenvalue weighted by Crippen LogP contribution is 2.24. The molecule has 0 saturated carbocycles. The highest BCUT2D eigenvalue weighted by Gasteiger charge is 2.25. The van der Waals surface area contributed by atoms with E-state index in [0.29, 0.717) is 6.54 Å². The Morgan fingerprint density at radius 3 is 3.00 bits per heavy atom. The number of amides is 1. The van der Waals surface area contributed by atoms with Crippen LogP contribution < -0.4 is 10.6 Å². The Bertz CT molecular complexity index is 627. The molecule has 21 heavy (non-hydrogen) atoms. The SMILES string of the molecule is C[C@@H](NC(=O)C1CNc2ccccc2C1)c1cccnc1. The molecule has 3 rings (SSSR count). The number of fused-ring (bicyclic) bond motifs is 1. The Hall–Kier alpha value is -2.36. The van der Waals surface area contributed by atoms with Crippen molar-refractivity contribution < 1.29 is 4.79 Å². The van der Waals surface area contributed by atoms with Crippen molar-refractivity contribution in [1.29, 1.82) is 0 Å². The van der Waals surface area contributed by atoms with Gasteiger partial charge in [-0.2, -0.15) is 0 Å². The van der Waals surface area contributed by atoms with Gasteiger partial charge in [0.25, 0.3) is 0 Å². The van der Waals surface area contributed by atoms with Gasteiger partial charge in [0.1, 0.15) is 0 Å². The van der Waals surface area contributed by atoms with Crippen LogP contribution in [0.4, 0.5) is 5.69 Å². The number of nitrogens with zero attached hydrogens (tertiary/aromatic N) is 1. The third kappa shape index (κ3) is 3.05. The summed E-state index contributed by atoms with van der Waals surface area (Å²) in [7, 11) is 0. The molecule has 2 atom stereocenters. The summed E-state index contributed by atoms with van der Waals surface area (Å²) in [6.45, 7) is 2.67. The molecule has 1 unspecified atom stereocenters. The quantitative estimate of drug-likeness (QED) is 0.909. The van der Waals surface area contributed by atoms with E-state index < -0.39 is 0 Å². The first-order chi connectivity index (χ1) is 10.2. The number of carbonyl (C=O) groups excluding carboxylic acids is 1. The molecule has 0 saturated heterocycles. The van der Waals surface area contributed by atoms with Crippen LogP contribution in [-0.2, 0) is 11.2 Å². The highest BCUT2D eigenvalue weighted by molar-refractivity contribution is 5.81. The summed E-state index contributed by atoms with van der Waals surface area (Å²) in [5, 5.41) is 6.41. The molecule has 1 aromatic heterocycles. The van der Waals surface area contributed by atoms with Gasteiger partial charge in [0, 0.05) is 24.6 Å². The van der Waals surface area contributed by atoms with E-state index in [9.17, 15) is 4.79 Å². The number of rotatable bonds is 3. The van der Waals surface area contributed by atoms with E-state index in [-0.39, 0.29) is 17.9 Å². The van der Waals surface area contributed by atoms with Gasteiger partial charge in [-0.25, -0.2) is 0 Å². The molecule has 0 bridgehead atoms. The Morgan fingerprint density at radius 2 is 2.19 bits per heavy atom. The first-order valence-electron chi connectivity index (χ1n) is 7.26. The molecule has 108 valence electrons. The summed E-state index contributed by atoms with van der Waals surface area (Å²) >= 11 is 0. The van der Waals surface area contributed by atoms with E-state index in [1.54, 1.807) is 12.4 Å². The molecular formula is C17H19N3O. The maximum absolute atomic E-state index is 12.4. The number of hydrogen-bond donors (Lipinski definition) is 2. The van der Waals surface area contributed by atoms with Crippen molar-refractivity contribution in [3.8, 4) is 0 Å². The van der Waals surface area contributed by atoms with Gasteiger partial charge < -0.3 is 10.6 Å². The zero-order valence-corrected chi connectivity index (χ0v) is 12.0. The average Bonchev–Trinajstić information content (AvgIpc) is 2.55. The maximum atomic E-state index is 12.4. The molecule has 1 aromatic carbocycles. The van der Waals surface area contributed by atoms with Gasteiger partial charge in [-0.15, -0.1) is 0 Å². The fourth-order valence-electron chi connectivity index (χ4n) is 2.67. The third-order valence-electron chi connectivity index (χ3n) is 3.94. The Labute approximate surface area is 124 Å². The average molecular weight is 281 g/mol. The molecule has 1 amide bonds. The second-order valence-electron chi connectivity index (χ2n) is 5.46. The normalized spacial score (nSPS) is 18.2. The summed E-state index contributed by atoms with van der Waals surface area (Å²) in [5.74, 6) is 0.0624. The molecule has 0 spiro atoms. The van der Waals surface area contributed by atoms with Crippen LogP contribution in [0.5, 0.6) is 0 Å². The van der Waals surface area contributed by atoms with Crippen LogP contribution in [0.1, 0.15) is 24.1 Å². The largest absolute Gasteiger partial charge is 0.384 e. The molecule has 0 radical (unpaired) electrons. The Kier molecular flexibility index (Phi) is 3.86. The standard InChI is InChI=1S/C17H19N3O/c1-12(14-6-4-8-18-10-14)20-17(21)15-9-13-5-2-3-7-16(13)19-11-15/h2-8,10,12,15,19H,9,11H2,1H3,(H,20,21)/t12-,15?/m1/s1. The van der Waals surface area contributed by atoms with Gasteiger partial charge in [0.2, 0.25) is 5.91 Å². The summed E-state index contributed by atoms with van der Waals surface area (Å²) in [5.41, 5.74) is 3.37. The minimum absolute atomic E-state index is 0.0247. The van der Waals surface area contributed by atoms with Crippen molar-refractivity contribution in [3.05, 3.63) is 59.9 Å². The van der Waals surface area contributed by atoms with Crippen molar-refractivity contribution in [2.75, 3.05) is 11.9 Å². The van der Waals surface area contributed by atoms with Crippen LogP contribution in [0.3, 0.4) is 0 Å². The number of anilines is 1. The molecule has 4 heteroatoms. The number of nitrogens with one attached hydrogen (secondary N) is 2. The molecule has 2 heterocycles. The third-order valence-corrected chi connectivity index (χ3v) is 3.94. The van der Waals surface area contributed by atoms with Gasteiger partial charge in [0.15, 0.2) is 0 Å². The van der Waals surface area contributed by atoms with Gasteiger partial charge in [0.05, 0.1) is 12.0 Å². The topological polar surface area (TPSA) is 54.0 Å². The fraction of sp³-hybridized carbons (Fsp3) is 0.294. The predicted molar refractivity (Wildman–Crippen MR) is 82.9 cm³/mol. The van der Waals surface area contributed by atoms with Crippen LogP contribution >= 0.6 is 0 Å². The van der Waals surface area contributed by atoms with Gasteiger partial charge in [-0.1, -0.05) is 24.3 Å². The van der Waals surface area contributed by atoms with Crippen LogP contribution in [-0.4, -0.2) is 17.4 Å². The molecule has 1 aliphatic rings. The smallest absolute Gasteiger partial charge is 0.225 e. The molecule has 1 aliphatic heterocycles. The van der Waals surface area contributed by atoms with Gasteiger partial charge in [-0.3, -0.25) is 9.78 Å². The van der Waals surface area contributed by atoms with Crippen LogP contribution in [0, 0.1) is 5.92 Å². The Morgan fingerprint density at radius 1 is 1.33 bits per heavy atom. The number of para-hydroxylation sites is 1. The first-order valence-corrected chi connectivity index (χ1v) is 7.26. The van der Waals surface area contributed by atoms with Gasteiger partial charge in [-0.05, 0) is 36.6 Å². The number of pyridine rings is 1. The zero-order chi connectivity index (χ0) is 14.7. The number of aromatic nitrogens is 1. The summed E-state index contributed by atoms with van der Waals surface area (Å²) in [6, 6.07) is 12.0. The zero-order valence-electron chi connectivity index (χ0n) is 12.0. The molecule has 4 nitrogen and oxygen atoms in total. The maximum Gasteiger partial charge on any atom is 0.225 e. The summed E-state index contributed by atoms with van der Waals surface area (Å²) in [6.07, 6.45) is 4.31. The van der Waals surface area contributed by atoms with E-state index >= 15 is 0 Å². The van der Waals surface area contributed by atoms with E-state index in [1.165, 1.54) is 5.56 Å². The van der Waals surface area contributed by atoms with Crippen molar-refractivity contribution in [3.63, 3.8) is 0 Å². The number of hydrogen-bond acceptors (Lipinski definition) is 3. The van der Waals surface area contributed by atoms with E-state index in [4.69, 9.17) is 0 Å². The Balaban J connectivity index is 1.65. The minimum atomic E-state index is -0.0287. The highest BCUT2D eigenvalue weighted by atomic mass is 16.2. The van der Waals surface area contributed by atoms with Crippen LogP contribution in [0.15, 0.2) is 48.8 Å². The van der Waals surface area contributed by atoms with E-state index in [0.717, 1.165) is 17.7 Å². The van der Waals surface area contributed by atoms with E-state index in [2.05, 4.69) is 27.8 Å². The first kappa shape index (κ1) is 13.6. The molecule has 2 N–H and O–H groups in total. The van der Waals surface area contributed by atoms with Crippen molar-refractivity contribution >= 4 is 11.6 Å². The predicted octanol–water partition coefficient (Wildman–Crippen LogP) is 2.54. The fourth-order valence-corrected chi connectivity index (χ4v) is 2.67. The second-order valence-corrected chi connectivity index (χ2v) is 5.46. The number of carbonyl (C=O) groups is 1. The monoisotopic (exact) mass is 281 g/mol. The summed E-state index contributed by atoms with van der Waals surface area (Å²) < 4.78 is 0. The second kappa shape index (κ2) is 5.95. The molecule has 2 aromatic rings. The molecular weight excluding hydrogens is 262 g/mol. The van der Waals surface area contributed by atoms with Crippen molar-refractivity contribution in [1.82, 2.24) is 10.3 Å². The number of benzene rings is 1. The molecule has 0 fully saturated rings. The van der Waals surface area contributed by atoms with Crippen LogP contribution in [0.2, 0.25) is 0 Å². The van der Waals surface area contributed by atoms with E-state index in [1.807, 2.05) is 31.2 Å². The van der Waals surface area contributed by atoms with Crippen molar-refractivity contribution in [2.45, 2.75) is 19.4 Å². The lowest BCUT2D eigenvalue weighted by Gasteiger charge is -2.26. The lowest BCUT2D eigenvalue weighted by atomic mass is 9.93. The lowest BCUT2D eigenvalue weighted by Crippen LogP contribution is -2.39. The van der Waals surface area contributed by atoms with Crippen LogP contribution in [0.25, 0.3) is 0 Å².